The zero-order valence-corrected chi connectivity index (χ0v) is 14.6. The maximum Gasteiger partial charge on any atom is 0.297 e. The van der Waals surface area contributed by atoms with Crippen molar-refractivity contribution < 1.29 is 4.79 Å². The number of hydrogen-bond donors (Lipinski definition) is 1. The monoisotopic (exact) mass is 342 g/mol. The lowest BCUT2D eigenvalue weighted by atomic mass is 9.93. The number of rotatable bonds is 2. The topological polar surface area (TPSA) is 85.1 Å². The van der Waals surface area contributed by atoms with E-state index in [1.165, 1.54) is 4.88 Å². The number of fused-ring (bicyclic) bond motifs is 2. The molecule has 1 N–H and O–H groups in total. The maximum absolute atomic E-state index is 12.4. The van der Waals surface area contributed by atoms with Crippen molar-refractivity contribution in [1.29, 1.82) is 0 Å². The summed E-state index contributed by atoms with van der Waals surface area (Å²) in [5.41, 5.74) is 2.85. The molecule has 0 radical (unpaired) electrons. The Hall–Kier alpha value is -2.35. The summed E-state index contributed by atoms with van der Waals surface area (Å²) in [6, 6.07) is 1.90. The number of aromatic nitrogens is 5. The van der Waals surface area contributed by atoms with Crippen LogP contribution in [-0.2, 0) is 12.8 Å². The smallest absolute Gasteiger partial charge is 0.295 e. The standard InChI is InChI=1S/C16H18N6OS/c1-8-4-5-11-12(6-8)24-16(18-11)20-14(23)13-19-15-17-9(2)7-10(3)22(15)21-13/h7-8H,4-6H2,1-3H3,(H,18,20,23). The van der Waals surface area contributed by atoms with E-state index >= 15 is 0 Å². The first kappa shape index (κ1) is 15.2. The summed E-state index contributed by atoms with van der Waals surface area (Å²) < 4.78 is 1.58. The van der Waals surface area contributed by atoms with Crippen LogP contribution in [-0.4, -0.2) is 30.5 Å². The van der Waals surface area contributed by atoms with E-state index in [0.29, 0.717) is 16.8 Å². The molecule has 24 heavy (non-hydrogen) atoms. The molecule has 3 heterocycles. The lowest BCUT2D eigenvalue weighted by Crippen LogP contribution is -2.14. The third-order valence-corrected chi connectivity index (χ3v) is 5.26. The van der Waals surface area contributed by atoms with E-state index in [1.807, 2.05) is 19.9 Å². The third-order valence-electron chi connectivity index (χ3n) is 4.23. The average molecular weight is 342 g/mol. The number of anilines is 1. The fourth-order valence-corrected chi connectivity index (χ4v) is 4.18. The Bertz CT molecular complexity index is 944. The minimum Gasteiger partial charge on any atom is -0.295 e. The van der Waals surface area contributed by atoms with Crippen LogP contribution in [0.2, 0.25) is 0 Å². The first-order valence-electron chi connectivity index (χ1n) is 8.00. The number of nitrogens with one attached hydrogen (secondary N) is 1. The molecular weight excluding hydrogens is 324 g/mol. The first-order valence-corrected chi connectivity index (χ1v) is 8.82. The highest BCUT2D eigenvalue weighted by molar-refractivity contribution is 7.15. The molecule has 4 rings (SSSR count). The molecule has 7 nitrogen and oxygen atoms in total. The van der Waals surface area contributed by atoms with Gasteiger partial charge < -0.3 is 0 Å². The summed E-state index contributed by atoms with van der Waals surface area (Å²) in [5, 5.41) is 7.70. The van der Waals surface area contributed by atoms with E-state index in [9.17, 15) is 4.79 Å². The Morgan fingerprint density at radius 3 is 3.00 bits per heavy atom. The van der Waals surface area contributed by atoms with Gasteiger partial charge in [-0.25, -0.2) is 14.5 Å². The van der Waals surface area contributed by atoms with Gasteiger partial charge in [0.1, 0.15) is 0 Å². The Labute approximate surface area is 143 Å². The number of aryl methyl sites for hydroxylation is 3. The molecular formula is C16H18N6OS. The van der Waals surface area contributed by atoms with Gasteiger partial charge in [-0.2, -0.15) is 4.98 Å². The van der Waals surface area contributed by atoms with Crippen LogP contribution in [0.5, 0.6) is 0 Å². The quantitative estimate of drug-likeness (QED) is 0.774. The molecule has 1 amide bonds. The van der Waals surface area contributed by atoms with Gasteiger partial charge in [0.15, 0.2) is 5.13 Å². The molecule has 0 saturated carbocycles. The van der Waals surface area contributed by atoms with Gasteiger partial charge in [0.25, 0.3) is 11.7 Å². The zero-order valence-electron chi connectivity index (χ0n) is 13.8. The predicted octanol–water partition coefficient (Wildman–Crippen LogP) is 2.57. The second-order valence-electron chi connectivity index (χ2n) is 6.38. The number of carbonyl (C=O) groups excluding carboxylic acids is 1. The minimum absolute atomic E-state index is 0.109. The van der Waals surface area contributed by atoms with Crippen molar-refractivity contribution in [2.75, 3.05) is 5.32 Å². The molecule has 3 aromatic heterocycles. The number of carbonyl (C=O) groups is 1. The number of amides is 1. The average Bonchev–Trinajstić information content (AvgIpc) is 3.10. The Kier molecular flexibility index (Phi) is 3.56. The lowest BCUT2D eigenvalue weighted by molar-refractivity contribution is 0.101. The second-order valence-corrected chi connectivity index (χ2v) is 7.46. The van der Waals surface area contributed by atoms with Crippen LogP contribution >= 0.6 is 11.3 Å². The van der Waals surface area contributed by atoms with Gasteiger partial charge >= 0.3 is 0 Å². The molecule has 0 aliphatic heterocycles. The van der Waals surface area contributed by atoms with E-state index in [-0.39, 0.29) is 11.7 Å². The molecule has 0 aromatic carbocycles. The zero-order chi connectivity index (χ0) is 16.8. The summed E-state index contributed by atoms with van der Waals surface area (Å²) in [6.45, 7) is 6.05. The van der Waals surface area contributed by atoms with Crippen molar-refractivity contribution in [3.8, 4) is 0 Å². The molecule has 1 unspecified atom stereocenters. The van der Waals surface area contributed by atoms with Crippen LogP contribution in [0.25, 0.3) is 5.78 Å². The fraction of sp³-hybridized carbons (Fsp3) is 0.438. The summed E-state index contributed by atoms with van der Waals surface area (Å²) in [6.07, 6.45) is 3.18. The van der Waals surface area contributed by atoms with Crippen molar-refractivity contribution >= 4 is 28.2 Å². The Morgan fingerprint density at radius 1 is 1.33 bits per heavy atom. The van der Waals surface area contributed by atoms with E-state index in [0.717, 1.165) is 36.3 Å². The van der Waals surface area contributed by atoms with Gasteiger partial charge in [0, 0.05) is 16.3 Å². The molecule has 1 aliphatic carbocycles. The first-order chi connectivity index (χ1) is 11.5. The molecule has 1 aliphatic rings. The summed E-state index contributed by atoms with van der Waals surface area (Å²) in [4.78, 5) is 26.8. The van der Waals surface area contributed by atoms with Gasteiger partial charge in [0.05, 0.1) is 5.69 Å². The van der Waals surface area contributed by atoms with Gasteiger partial charge in [0.2, 0.25) is 5.82 Å². The van der Waals surface area contributed by atoms with Gasteiger partial charge in [-0.3, -0.25) is 10.1 Å². The van der Waals surface area contributed by atoms with Gasteiger partial charge in [-0.05, 0) is 45.1 Å². The van der Waals surface area contributed by atoms with E-state index in [2.05, 4.69) is 32.3 Å². The van der Waals surface area contributed by atoms with Crippen LogP contribution in [0, 0.1) is 19.8 Å². The highest BCUT2D eigenvalue weighted by Gasteiger charge is 2.22. The van der Waals surface area contributed by atoms with Crippen LogP contribution in [0.15, 0.2) is 6.07 Å². The van der Waals surface area contributed by atoms with E-state index in [4.69, 9.17) is 0 Å². The van der Waals surface area contributed by atoms with Crippen molar-refractivity contribution in [1.82, 2.24) is 24.6 Å². The maximum atomic E-state index is 12.4. The van der Waals surface area contributed by atoms with Crippen molar-refractivity contribution in [2.24, 2.45) is 5.92 Å². The highest BCUT2D eigenvalue weighted by Crippen LogP contribution is 2.32. The summed E-state index contributed by atoms with van der Waals surface area (Å²) >= 11 is 1.55. The van der Waals surface area contributed by atoms with Crippen molar-refractivity contribution in [3.05, 3.63) is 33.8 Å². The van der Waals surface area contributed by atoms with Crippen LogP contribution < -0.4 is 5.32 Å². The SMILES string of the molecule is Cc1cc(C)n2nc(C(=O)Nc3nc4c(s3)CC(C)CC4)nc2n1. The van der Waals surface area contributed by atoms with E-state index in [1.54, 1.807) is 15.9 Å². The van der Waals surface area contributed by atoms with Crippen LogP contribution in [0.1, 0.15) is 45.9 Å². The lowest BCUT2D eigenvalue weighted by Gasteiger charge is -2.15. The highest BCUT2D eigenvalue weighted by atomic mass is 32.1. The molecule has 0 fully saturated rings. The van der Waals surface area contributed by atoms with Gasteiger partial charge in [-0.15, -0.1) is 16.4 Å². The largest absolute Gasteiger partial charge is 0.297 e. The normalized spacial score (nSPS) is 17.0. The third kappa shape index (κ3) is 2.66. The Balaban J connectivity index is 1.59. The van der Waals surface area contributed by atoms with E-state index < -0.39 is 0 Å². The number of nitrogens with zero attached hydrogens (tertiary/aromatic N) is 5. The minimum atomic E-state index is -0.350. The summed E-state index contributed by atoms with van der Waals surface area (Å²) in [5.74, 6) is 0.873. The second kappa shape index (κ2) is 5.62. The fourth-order valence-electron chi connectivity index (χ4n) is 3.01. The van der Waals surface area contributed by atoms with Crippen LogP contribution in [0.3, 0.4) is 0 Å². The summed E-state index contributed by atoms with van der Waals surface area (Å²) in [7, 11) is 0. The molecule has 8 heteroatoms. The number of hydrogen-bond acceptors (Lipinski definition) is 6. The molecule has 0 spiro atoms. The van der Waals surface area contributed by atoms with Crippen molar-refractivity contribution in [2.45, 2.75) is 40.0 Å². The predicted molar refractivity (Wildman–Crippen MR) is 91.5 cm³/mol. The molecule has 1 atom stereocenters. The van der Waals surface area contributed by atoms with Crippen molar-refractivity contribution in [3.63, 3.8) is 0 Å². The molecule has 3 aromatic rings. The molecule has 124 valence electrons. The van der Waals surface area contributed by atoms with Gasteiger partial charge in [-0.1, -0.05) is 6.92 Å². The molecule has 0 saturated heterocycles. The van der Waals surface area contributed by atoms with Crippen LogP contribution in [0.4, 0.5) is 5.13 Å². The number of thiazole rings is 1. The Morgan fingerprint density at radius 2 is 2.17 bits per heavy atom. The molecule has 0 bridgehead atoms.